The summed E-state index contributed by atoms with van der Waals surface area (Å²) < 4.78 is 0.816. The molecule has 1 aliphatic rings. The zero-order chi connectivity index (χ0) is 17.5. The zero-order valence-electron chi connectivity index (χ0n) is 13.8. The number of aromatic nitrogens is 2. The van der Waals surface area contributed by atoms with E-state index in [1.54, 1.807) is 0 Å². The topological polar surface area (TPSA) is 66.9 Å². The minimum Gasteiger partial charge on any atom is -0.357 e. The normalized spacial score (nSPS) is 15.1. The number of hydrogen-bond donors (Lipinski definition) is 2. The van der Waals surface area contributed by atoms with E-state index in [9.17, 15) is 4.79 Å². The van der Waals surface area contributed by atoms with Crippen LogP contribution in [0, 0.1) is 0 Å². The molecule has 0 unspecified atom stereocenters. The number of nitrogens with one attached hydrogen (secondary N) is 2. The number of rotatable bonds is 7. The molecule has 1 aromatic heterocycles. The predicted octanol–water partition coefficient (Wildman–Crippen LogP) is 4.34. The number of benzene rings is 1. The molecule has 0 saturated heterocycles. The van der Waals surface area contributed by atoms with Crippen LogP contribution in [0.3, 0.4) is 0 Å². The van der Waals surface area contributed by atoms with E-state index in [0.29, 0.717) is 23.4 Å². The van der Waals surface area contributed by atoms with Gasteiger partial charge in [-0.1, -0.05) is 66.1 Å². The number of anilines is 1. The van der Waals surface area contributed by atoms with Crippen LogP contribution in [0.4, 0.5) is 5.13 Å². The lowest BCUT2D eigenvalue weighted by molar-refractivity contribution is -0.118. The number of thioether (sulfide) groups is 1. The van der Waals surface area contributed by atoms with E-state index in [4.69, 9.17) is 11.6 Å². The second-order valence-electron chi connectivity index (χ2n) is 6.05. The molecule has 0 aliphatic heterocycles. The van der Waals surface area contributed by atoms with Crippen LogP contribution in [-0.2, 0) is 11.3 Å². The summed E-state index contributed by atoms with van der Waals surface area (Å²) in [6.07, 6.45) is 6.30. The molecule has 8 heteroatoms. The Balaban J connectivity index is 1.40. The zero-order valence-corrected chi connectivity index (χ0v) is 16.2. The largest absolute Gasteiger partial charge is 0.357 e. The summed E-state index contributed by atoms with van der Waals surface area (Å²) in [5, 5.41) is 16.2. The summed E-state index contributed by atoms with van der Waals surface area (Å²) in [5.74, 6) is 0.306. The summed E-state index contributed by atoms with van der Waals surface area (Å²) >= 11 is 8.87. The molecule has 134 valence electrons. The first-order chi connectivity index (χ1) is 12.2. The molecule has 1 amide bonds. The molecule has 0 radical (unpaired) electrons. The Hall–Kier alpha value is -1.31. The van der Waals surface area contributed by atoms with E-state index in [1.165, 1.54) is 55.2 Å². The molecule has 2 N–H and O–H groups in total. The van der Waals surface area contributed by atoms with E-state index in [0.717, 1.165) is 15.0 Å². The van der Waals surface area contributed by atoms with Crippen LogP contribution >= 0.6 is 34.7 Å². The van der Waals surface area contributed by atoms with Gasteiger partial charge in [-0.05, 0) is 30.5 Å². The van der Waals surface area contributed by atoms with Gasteiger partial charge in [0.2, 0.25) is 11.0 Å². The van der Waals surface area contributed by atoms with E-state index in [2.05, 4.69) is 20.8 Å². The fourth-order valence-corrected chi connectivity index (χ4v) is 4.65. The smallest absolute Gasteiger partial charge is 0.230 e. The summed E-state index contributed by atoms with van der Waals surface area (Å²) in [6, 6.07) is 7.99. The van der Waals surface area contributed by atoms with Crippen molar-refractivity contribution in [2.45, 2.75) is 49.0 Å². The molecule has 2 aromatic rings. The predicted molar refractivity (Wildman–Crippen MR) is 104 cm³/mol. The van der Waals surface area contributed by atoms with Gasteiger partial charge < -0.3 is 10.6 Å². The maximum atomic E-state index is 12.0. The van der Waals surface area contributed by atoms with Crippen molar-refractivity contribution < 1.29 is 4.79 Å². The van der Waals surface area contributed by atoms with Crippen LogP contribution in [0.2, 0.25) is 5.02 Å². The van der Waals surface area contributed by atoms with Gasteiger partial charge in [-0.2, -0.15) is 0 Å². The number of halogens is 1. The summed E-state index contributed by atoms with van der Waals surface area (Å²) in [5.41, 5.74) is 0.987. The number of nitrogens with zero attached hydrogens (tertiary/aromatic N) is 2. The van der Waals surface area contributed by atoms with Gasteiger partial charge in [0.15, 0.2) is 4.34 Å². The minimum absolute atomic E-state index is 0.0260. The molecule has 5 nitrogen and oxygen atoms in total. The van der Waals surface area contributed by atoms with Crippen molar-refractivity contribution in [3.8, 4) is 0 Å². The maximum Gasteiger partial charge on any atom is 0.230 e. The molecular weight excluding hydrogens is 376 g/mol. The van der Waals surface area contributed by atoms with Crippen molar-refractivity contribution in [3.05, 3.63) is 34.9 Å². The van der Waals surface area contributed by atoms with Crippen LogP contribution in [0.1, 0.15) is 37.7 Å². The van der Waals surface area contributed by atoms with Gasteiger partial charge >= 0.3 is 0 Å². The molecule has 25 heavy (non-hydrogen) atoms. The summed E-state index contributed by atoms with van der Waals surface area (Å²) in [6.45, 7) is 0.477. The second kappa shape index (κ2) is 9.40. The first kappa shape index (κ1) is 18.5. The van der Waals surface area contributed by atoms with Gasteiger partial charge in [0, 0.05) is 17.6 Å². The first-order valence-corrected chi connectivity index (χ1v) is 10.6. The third-order valence-electron chi connectivity index (χ3n) is 4.04. The number of carbonyl (C=O) groups is 1. The van der Waals surface area contributed by atoms with Gasteiger partial charge in [-0.25, -0.2) is 0 Å². The molecule has 0 bridgehead atoms. The Morgan fingerprint density at radius 2 is 2.12 bits per heavy atom. The fraction of sp³-hybridized carbons (Fsp3) is 0.471. The lowest BCUT2D eigenvalue weighted by atomic mass is 9.96. The number of hydrogen-bond acceptors (Lipinski definition) is 6. The van der Waals surface area contributed by atoms with Crippen molar-refractivity contribution in [2.75, 3.05) is 11.1 Å². The van der Waals surface area contributed by atoms with Gasteiger partial charge in [0.1, 0.15) is 0 Å². The SMILES string of the molecule is O=C(CSc1nnc(NC2CCCCC2)s1)NCc1cccc(Cl)c1. The number of carbonyl (C=O) groups excluding carboxylic acids is 1. The highest BCUT2D eigenvalue weighted by Gasteiger charge is 2.15. The molecule has 1 aromatic carbocycles. The standard InChI is InChI=1S/C17H21ClN4OS2/c18-13-6-4-5-12(9-13)10-19-15(23)11-24-17-22-21-16(25-17)20-14-7-2-1-3-8-14/h4-6,9,14H,1-3,7-8,10-11H2,(H,19,23)(H,20,21). The Morgan fingerprint density at radius 1 is 1.28 bits per heavy atom. The summed E-state index contributed by atoms with van der Waals surface area (Å²) in [7, 11) is 0. The molecule has 1 aliphatic carbocycles. The third kappa shape index (κ3) is 6.17. The number of amides is 1. The molecule has 3 rings (SSSR count). The van der Waals surface area contributed by atoms with Crippen molar-refractivity contribution in [3.63, 3.8) is 0 Å². The van der Waals surface area contributed by atoms with E-state index < -0.39 is 0 Å². The summed E-state index contributed by atoms with van der Waals surface area (Å²) in [4.78, 5) is 12.0. The highest BCUT2D eigenvalue weighted by molar-refractivity contribution is 8.01. The van der Waals surface area contributed by atoms with E-state index >= 15 is 0 Å². The Morgan fingerprint density at radius 3 is 2.92 bits per heavy atom. The van der Waals surface area contributed by atoms with Crippen LogP contribution in [0.15, 0.2) is 28.6 Å². The Bertz CT molecular complexity index is 703. The Kier molecular flexibility index (Phi) is 6.95. The van der Waals surface area contributed by atoms with Gasteiger partial charge in [-0.3, -0.25) is 4.79 Å². The third-order valence-corrected chi connectivity index (χ3v) is 6.27. The van der Waals surface area contributed by atoms with E-state index in [1.807, 2.05) is 24.3 Å². The average molecular weight is 397 g/mol. The van der Waals surface area contributed by atoms with E-state index in [-0.39, 0.29) is 5.91 Å². The van der Waals surface area contributed by atoms with Gasteiger partial charge in [0.25, 0.3) is 0 Å². The minimum atomic E-state index is -0.0260. The maximum absolute atomic E-state index is 12.0. The van der Waals surface area contributed by atoms with Crippen LogP contribution in [0.25, 0.3) is 0 Å². The molecule has 1 saturated carbocycles. The van der Waals surface area contributed by atoms with Crippen molar-refractivity contribution in [2.24, 2.45) is 0 Å². The second-order valence-corrected chi connectivity index (χ2v) is 8.68. The fourth-order valence-electron chi connectivity index (χ4n) is 2.77. The van der Waals surface area contributed by atoms with Gasteiger partial charge in [0.05, 0.1) is 5.75 Å². The van der Waals surface area contributed by atoms with Crippen molar-refractivity contribution >= 4 is 45.7 Å². The highest BCUT2D eigenvalue weighted by atomic mass is 35.5. The van der Waals surface area contributed by atoms with Crippen molar-refractivity contribution in [1.29, 1.82) is 0 Å². The first-order valence-electron chi connectivity index (χ1n) is 8.43. The van der Waals surface area contributed by atoms with Gasteiger partial charge in [-0.15, -0.1) is 10.2 Å². The lowest BCUT2D eigenvalue weighted by Gasteiger charge is -2.21. The molecule has 1 fully saturated rings. The van der Waals surface area contributed by atoms with Crippen LogP contribution in [-0.4, -0.2) is 27.9 Å². The van der Waals surface area contributed by atoms with Crippen molar-refractivity contribution in [1.82, 2.24) is 15.5 Å². The average Bonchev–Trinajstić information content (AvgIpc) is 3.06. The molecule has 0 spiro atoms. The monoisotopic (exact) mass is 396 g/mol. The highest BCUT2D eigenvalue weighted by Crippen LogP contribution is 2.28. The molecule has 1 heterocycles. The van der Waals surface area contributed by atoms with Crippen LogP contribution in [0.5, 0.6) is 0 Å². The molecular formula is C17H21ClN4OS2. The Labute approximate surface area is 161 Å². The quantitative estimate of drug-likeness (QED) is 0.681. The van der Waals surface area contributed by atoms with Crippen LogP contribution < -0.4 is 10.6 Å². The molecule has 0 atom stereocenters. The lowest BCUT2D eigenvalue weighted by Crippen LogP contribution is -2.24.